The molecule has 1 heterocycles. The molecule has 3 aromatic rings. The summed E-state index contributed by atoms with van der Waals surface area (Å²) in [6, 6.07) is 18.2. The zero-order valence-corrected chi connectivity index (χ0v) is 16.0. The Morgan fingerprint density at radius 2 is 1.58 bits per heavy atom. The van der Waals surface area contributed by atoms with Crippen LogP contribution in [0.2, 0.25) is 5.02 Å². The van der Waals surface area contributed by atoms with Gasteiger partial charge in [0.25, 0.3) is 0 Å². The summed E-state index contributed by atoms with van der Waals surface area (Å²) in [5.74, 6) is 1.24. The average molecular weight is 370 g/mol. The van der Waals surface area contributed by atoms with Gasteiger partial charge in [0.2, 0.25) is 11.8 Å². The topological polar surface area (TPSA) is 51.0 Å². The number of benzene rings is 2. The molecule has 0 spiro atoms. The Morgan fingerprint density at radius 3 is 2.23 bits per heavy atom. The van der Waals surface area contributed by atoms with Crippen LogP contribution in [0.15, 0.2) is 59.0 Å². The molecular formula is C21H24ClN3O. The molecule has 0 saturated carbocycles. The predicted molar refractivity (Wildman–Crippen MR) is 104 cm³/mol. The van der Waals surface area contributed by atoms with Crippen LogP contribution in [-0.4, -0.2) is 10.2 Å². The lowest BCUT2D eigenvalue weighted by Gasteiger charge is -2.33. The van der Waals surface area contributed by atoms with Crippen molar-refractivity contribution < 1.29 is 4.42 Å². The highest BCUT2D eigenvalue weighted by molar-refractivity contribution is 6.30. The highest BCUT2D eigenvalue weighted by Gasteiger charge is 2.28. The van der Waals surface area contributed by atoms with Crippen LogP contribution in [-0.2, 0) is 18.5 Å². The molecule has 0 saturated heterocycles. The standard InChI is InChI=1S/C21H24ClN3O/c1-3-21(4-2,17-10-12-18(22)13-11-17)23-15-20-25-24-19(26-20)14-16-8-6-5-7-9-16/h5-13,23H,3-4,14-15H2,1-2H3. The van der Waals surface area contributed by atoms with Gasteiger partial charge in [-0.05, 0) is 36.1 Å². The minimum absolute atomic E-state index is 0.140. The first kappa shape index (κ1) is 18.6. The smallest absolute Gasteiger partial charge is 0.230 e. The van der Waals surface area contributed by atoms with E-state index in [0.29, 0.717) is 24.7 Å². The van der Waals surface area contributed by atoms with Crippen LogP contribution in [0.3, 0.4) is 0 Å². The van der Waals surface area contributed by atoms with Gasteiger partial charge in [0.15, 0.2) is 0 Å². The molecule has 0 fully saturated rings. The second-order valence-electron chi connectivity index (χ2n) is 6.40. The van der Waals surface area contributed by atoms with Crippen molar-refractivity contribution in [3.63, 3.8) is 0 Å². The first-order valence-corrected chi connectivity index (χ1v) is 9.39. The third-order valence-corrected chi connectivity index (χ3v) is 5.14. The molecule has 4 nitrogen and oxygen atoms in total. The molecule has 26 heavy (non-hydrogen) atoms. The first-order chi connectivity index (χ1) is 12.6. The van der Waals surface area contributed by atoms with Crippen molar-refractivity contribution in [1.29, 1.82) is 0 Å². The number of rotatable bonds is 8. The van der Waals surface area contributed by atoms with E-state index in [1.54, 1.807) is 0 Å². The molecule has 1 N–H and O–H groups in total. The second kappa shape index (κ2) is 8.47. The first-order valence-electron chi connectivity index (χ1n) is 9.01. The monoisotopic (exact) mass is 369 g/mol. The molecule has 2 aromatic carbocycles. The highest BCUT2D eigenvalue weighted by atomic mass is 35.5. The highest BCUT2D eigenvalue weighted by Crippen LogP contribution is 2.30. The Morgan fingerprint density at radius 1 is 0.923 bits per heavy atom. The van der Waals surface area contributed by atoms with Crippen molar-refractivity contribution in [2.75, 3.05) is 0 Å². The summed E-state index contributed by atoms with van der Waals surface area (Å²) in [6.45, 7) is 4.89. The molecule has 0 aliphatic heterocycles. The van der Waals surface area contributed by atoms with Crippen molar-refractivity contribution in [1.82, 2.24) is 15.5 Å². The van der Waals surface area contributed by atoms with Crippen molar-refractivity contribution >= 4 is 11.6 Å². The molecule has 0 amide bonds. The largest absolute Gasteiger partial charge is 0.424 e. The fraction of sp³-hybridized carbons (Fsp3) is 0.333. The maximum atomic E-state index is 6.04. The summed E-state index contributed by atoms with van der Waals surface area (Å²) in [7, 11) is 0. The molecule has 0 bridgehead atoms. The van der Waals surface area contributed by atoms with Crippen LogP contribution in [0.4, 0.5) is 0 Å². The SMILES string of the molecule is CCC(CC)(NCc1nnc(Cc2ccccc2)o1)c1ccc(Cl)cc1. The number of nitrogens with zero attached hydrogens (tertiary/aromatic N) is 2. The van der Waals surface area contributed by atoms with E-state index in [9.17, 15) is 0 Å². The van der Waals surface area contributed by atoms with E-state index in [-0.39, 0.29) is 5.54 Å². The van der Waals surface area contributed by atoms with E-state index in [2.05, 4.69) is 53.6 Å². The summed E-state index contributed by atoms with van der Waals surface area (Å²) in [5, 5.41) is 12.7. The molecular weight excluding hydrogens is 346 g/mol. The van der Waals surface area contributed by atoms with Crippen molar-refractivity contribution in [2.24, 2.45) is 0 Å². The maximum Gasteiger partial charge on any atom is 0.230 e. The van der Waals surface area contributed by atoms with Crippen LogP contribution < -0.4 is 5.32 Å². The van der Waals surface area contributed by atoms with Crippen LogP contribution in [0, 0.1) is 0 Å². The lowest BCUT2D eigenvalue weighted by atomic mass is 9.84. The summed E-state index contributed by atoms with van der Waals surface area (Å²) < 4.78 is 5.82. The molecule has 0 aliphatic rings. The molecule has 0 radical (unpaired) electrons. The molecule has 3 rings (SSSR count). The van der Waals surface area contributed by atoms with Gasteiger partial charge in [-0.15, -0.1) is 10.2 Å². The van der Waals surface area contributed by atoms with Gasteiger partial charge >= 0.3 is 0 Å². The number of halogens is 1. The molecule has 0 aliphatic carbocycles. The van der Waals surface area contributed by atoms with Crippen LogP contribution in [0.5, 0.6) is 0 Å². The third-order valence-electron chi connectivity index (χ3n) is 4.89. The summed E-state index contributed by atoms with van der Waals surface area (Å²) in [4.78, 5) is 0. The maximum absolute atomic E-state index is 6.04. The van der Waals surface area contributed by atoms with Gasteiger partial charge in [0.05, 0.1) is 13.0 Å². The third kappa shape index (κ3) is 4.32. The molecule has 5 heteroatoms. The Bertz CT molecular complexity index is 811. The van der Waals surface area contributed by atoms with Crippen molar-refractivity contribution in [3.8, 4) is 0 Å². The Labute approximate surface area is 159 Å². The van der Waals surface area contributed by atoms with Crippen LogP contribution in [0.1, 0.15) is 49.6 Å². The van der Waals surface area contributed by atoms with Crippen LogP contribution in [0.25, 0.3) is 0 Å². The molecule has 0 unspecified atom stereocenters. The molecule has 0 atom stereocenters. The van der Waals surface area contributed by atoms with E-state index in [0.717, 1.165) is 23.4 Å². The van der Waals surface area contributed by atoms with Gasteiger partial charge in [-0.2, -0.15) is 0 Å². The van der Waals surface area contributed by atoms with E-state index >= 15 is 0 Å². The lowest BCUT2D eigenvalue weighted by Crippen LogP contribution is -2.41. The quantitative estimate of drug-likeness (QED) is 0.598. The van der Waals surface area contributed by atoms with Gasteiger partial charge in [-0.3, -0.25) is 5.32 Å². The van der Waals surface area contributed by atoms with Gasteiger partial charge in [0.1, 0.15) is 0 Å². The Kier molecular flexibility index (Phi) is 6.07. The zero-order chi connectivity index (χ0) is 18.4. The molecule has 136 valence electrons. The van der Waals surface area contributed by atoms with Gasteiger partial charge < -0.3 is 4.42 Å². The zero-order valence-electron chi connectivity index (χ0n) is 15.2. The van der Waals surface area contributed by atoms with Crippen molar-refractivity contribution in [3.05, 3.63) is 82.5 Å². The van der Waals surface area contributed by atoms with Crippen molar-refractivity contribution in [2.45, 2.75) is 45.2 Å². The summed E-state index contributed by atoms with van der Waals surface area (Å²) >= 11 is 6.04. The minimum atomic E-state index is -0.140. The Hall–Kier alpha value is -2.17. The number of aromatic nitrogens is 2. The van der Waals surface area contributed by atoms with E-state index in [1.807, 2.05) is 30.3 Å². The van der Waals surface area contributed by atoms with Gasteiger partial charge in [0, 0.05) is 10.6 Å². The number of hydrogen-bond donors (Lipinski definition) is 1. The average Bonchev–Trinajstić information content (AvgIpc) is 3.12. The minimum Gasteiger partial charge on any atom is -0.424 e. The number of hydrogen-bond acceptors (Lipinski definition) is 4. The van der Waals surface area contributed by atoms with E-state index in [1.165, 1.54) is 5.56 Å². The number of nitrogens with one attached hydrogen (secondary N) is 1. The van der Waals surface area contributed by atoms with Gasteiger partial charge in [-0.1, -0.05) is 67.9 Å². The lowest BCUT2D eigenvalue weighted by molar-refractivity contribution is 0.287. The van der Waals surface area contributed by atoms with E-state index < -0.39 is 0 Å². The fourth-order valence-corrected chi connectivity index (χ4v) is 3.35. The van der Waals surface area contributed by atoms with Crippen LogP contribution >= 0.6 is 11.6 Å². The van der Waals surface area contributed by atoms with Gasteiger partial charge in [-0.25, -0.2) is 0 Å². The van der Waals surface area contributed by atoms with E-state index in [4.69, 9.17) is 16.0 Å². The fourth-order valence-electron chi connectivity index (χ4n) is 3.23. The predicted octanol–water partition coefficient (Wildman–Crippen LogP) is 5.12. The normalized spacial score (nSPS) is 11.7. The Balaban J connectivity index is 1.69. The summed E-state index contributed by atoms with van der Waals surface area (Å²) in [6.07, 6.45) is 2.56. The second-order valence-corrected chi connectivity index (χ2v) is 6.84. The summed E-state index contributed by atoms with van der Waals surface area (Å²) in [5.41, 5.74) is 2.24. The molecule has 1 aromatic heterocycles.